The lowest BCUT2D eigenvalue weighted by Gasteiger charge is -2.09. The number of nitrogens with one attached hydrogen (secondary N) is 2. The largest absolute Gasteiger partial charge is 0.325 e. The van der Waals surface area contributed by atoms with E-state index in [2.05, 4.69) is 25.5 Å². The van der Waals surface area contributed by atoms with Crippen LogP contribution in [0.5, 0.6) is 0 Å². The fourth-order valence-corrected chi connectivity index (χ4v) is 2.22. The number of hydrogen-bond acceptors (Lipinski definition) is 4. The first-order valence-electron chi connectivity index (χ1n) is 7.32. The Balaban J connectivity index is 1.69. The highest BCUT2D eigenvalue weighted by Gasteiger charge is 2.11. The van der Waals surface area contributed by atoms with Crippen LogP contribution in [0.1, 0.15) is 17.0 Å². The molecule has 2 heterocycles. The molecule has 1 amide bonds. The van der Waals surface area contributed by atoms with Crippen LogP contribution in [0, 0.1) is 13.8 Å². The minimum Gasteiger partial charge on any atom is -0.325 e. The quantitative estimate of drug-likeness (QED) is 0.776. The van der Waals surface area contributed by atoms with Gasteiger partial charge in [0.15, 0.2) is 5.82 Å². The first-order valence-corrected chi connectivity index (χ1v) is 7.32. The Morgan fingerprint density at radius 2 is 2.04 bits per heavy atom. The van der Waals surface area contributed by atoms with Crippen LogP contribution < -0.4 is 5.32 Å². The van der Waals surface area contributed by atoms with Crippen molar-refractivity contribution in [3.05, 3.63) is 59.5 Å². The molecule has 0 fully saturated rings. The molecule has 2 N–H and O–H groups in total. The summed E-state index contributed by atoms with van der Waals surface area (Å²) >= 11 is 0. The third-order valence-corrected chi connectivity index (χ3v) is 3.63. The lowest BCUT2D eigenvalue weighted by Crippen LogP contribution is -2.16. The zero-order chi connectivity index (χ0) is 16.2. The maximum atomic E-state index is 12.2. The molecular formula is C17H17N5O. The lowest BCUT2D eigenvalue weighted by molar-refractivity contribution is -0.115. The number of benzene rings is 1. The molecule has 0 aliphatic rings. The van der Waals surface area contributed by atoms with E-state index in [1.807, 2.05) is 50.2 Å². The number of aromatic nitrogens is 4. The van der Waals surface area contributed by atoms with Crippen molar-refractivity contribution in [3.8, 4) is 11.5 Å². The minimum atomic E-state index is -0.137. The Hall–Kier alpha value is -3.02. The molecular weight excluding hydrogens is 290 g/mol. The third-order valence-electron chi connectivity index (χ3n) is 3.63. The molecule has 1 aromatic carbocycles. The molecule has 0 atom stereocenters. The van der Waals surface area contributed by atoms with Crippen molar-refractivity contribution in [2.45, 2.75) is 20.3 Å². The number of aromatic amines is 1. The smallest absolute Gasteiger partial charge is 0.232 e. The molecule has 0 saturated heterocycles. The number of aryl methyl sites for hydroxylation is 1. The summed E-state index contributed by atoms with van der Waals surface area (Å²) in [5.74, 6) is 0.857. The van der Waals surface area contributed by atoms with Gasteiger partial charge in [-0.1, -0.05) is 18.2 Å². The molecule has 6 nitrogen and oxygen atoms in total. The van der Waals surface area contributed by atoms with E-state index in [1.165, 1.54) is 0 Å². The lowest BCUT2D eigenvalue weighted by atomic mass is 10.1. The standard InChI is InChI=1S/C17H17N5O/c1-11-6-5-8-13(12(11)2)19-16(23)10-15-20-17(22-21-15)14-7-3-4-9-18-14/h3-9H,10H2,1-2H3,(H,19,23)(H,20,21,22). The molecule has 3 rings (SSSR count). The number of nitrogens with zero attached hydrogens (tertiary/aromatic N) is 3. The van der Waals surface area contributed by atoms with Crippen molar-refractivity contribution in [2.75, 3.05) is 5.32 Å². The second-order valence-corrected chi connectivity index (χ2v) is 5.29. The molecule has 0 radical (unpaired) electrons. The summed E-state index contributed by atoms with van der Waals surface area (Å²) in [4.78, 5) is 20.7. The summed E-state index contributed by atoms with van der Waals surface area (Å²) in [6.45, 7) is 4.00. The van der Waals surface area contributed by atoms with Gasteiger partial charge in [0, 0.05) is 11.9 Å². The molecule has 2 aromatic heterocycles. The van der Waals surface area contributed by atoms with Crippen LogP contribution in [0.2, 0.25) is 0 Å². The fourth-order valence-electron chi connectivity index (χ4n) is 2.22. The molecule has 0 aliphatic carbocycles. The highest BCUT2D eigenvalue weighted by Crippen LogP contribution is 2.18. The Labute approximate surface area is 134 Å². The van der Waals surface area contributed by atoms with Gasteiger partial charge in [-0.15, -0.1) is 0 Å². The van der Waals surface area contributed by atoms with Gasteiger partial charge in [-0.3, -0.25) is 14.9 Å². The van der Waals surface area contributed by atoms with Crippen LogP contribution in [0.15, 0.2) is 42.6 Å². The summed E-state index contributed by atoms with van der Waals surface area (Å²) in [6, 6.07) is 11.3. The number of H-pyrrole nitrogens is 1. The van der Waals surface area contributed by atoms with E-state index < -0.39 is 0 Å². The molecule has 3 aromatic rings. The van der Waals surface area contributed by atoms with Crippen LogP contribution in [0.3, 0.4) is 0 Å². The number of pyridine rings is 1. The molecule has 116 valence electrons. The molecule has 0 unspecified atom stereocenters. The zero-order valence-corrected chi connectivity index (χ0v) is 13.0. The van der Waals surface area contributed by atoms with Crippen LogP contribution in [-0.2, 0) is 11.2 Å². The SMILES string of the molecule is Cc1cccc(NC(=O)Cc2nc(-c3ccccn3)n[nH]2)c1C. The normalized spacial score (nSPS) is 10.5. The van der Waals surface area contributed by atoms with E-state index in [-0.39, 0.29) is 12.3 Å². The van der Waals surface area contributed by atoms with Crippen molar-refractivity contribution in [1.29, 1.82) is 0 Å². The predicted molar refractivity (Wildman–Crippen MR) is 87.9 cm³/mol. The second-order valence-electron chi connectivity index (χ2n) is 5.29. The van der Waals surface area contributed by atoms with Crippen LogP contribution in [0.25, 0.3) is 11.5 Å². The molecule has 0 spiro atoms. The number of anilines is 1. The average Bonchev–Trinajstić information content (AvgIpc) is 3.01. The minimum absolute atomic E-state index is 0.132. The molecule has 0 bridgehead atoms. The third kappa shape index (κ3) is 3.42. The van der Waals surface area contributed by atoms with E-state index in [9.17, 15) is 4.79 Å². The Kier molecular flexibility index (Phi) is 4.14. The number of amides is 1. The van der Waals surface area contributed by atoms with E-state index >= 15 is 0 Å². The van der Waals surface area contributed by atoms with Crippen molar-refractivity contribution in [1.82, 2.24) is 20.2 Å². The van der Waals surface area contributed by atoms with Crippen LogP contribution in [-0.4, -0.2) is 26.1 Å². The molecule has 6 heteroatoms. The predicted octanol–water partition coefficient (Wildman–Crippen LogP) is 2.66. The maximum Gasteiger partial charge on any atom is 0.232 e. The van der Waals surface area contributed by atoms with Gasteiger partial charge in [0.05, 0.1) is 6.42 Å². The highest BCUT2D eigenvalue weighted by molar-refractivity contribution is 5.92. The fraction of sp³-hybridized carbons (Fsp3) is 0.176. The first-order chi connectivity index (χ1) is 11.1. The monoisotopic (exact) mass is 307 g/mol. The van der Waals surface area contributed by atoms with E-state index in [1.54, 1.807) is 6.20 Å². The highest BCUT2D eigenvalue weighted by atomic mass is 16.1. The summed E-state index contributed by atoms with van der Waals surface area (Å²) in [5.41, 5.74) is 3.69. The van der Waals surface area contributed by atoms with Crippen molar-refractivity contribution < 1.29 is 4.79 Å². The summed E-state index contributed by atoms with van der Waals surface area (Å²) < 4.78 is 0. The van der Waals surface area contributed by atoms with Crippen LogP contribution >= 0.6 is 0 Å². The van der Waals surface area contributed by atoms with Crippen molar-refractivity contribution in [3.63, 3.8) is 0 Å². The Morgan fingerprint density at radius 1 is 1.17 bits per heavy atom. The Morgan fingerprint density at radius 3 is 2.83 bits per heavy atom. The van der Waals surface area contributed by atoms with Gasteiger partial charge >= 0.3 is 0 Å². The average molecular weight is 307 g/mol. The van der Waals surface area contributed by atoms with Gasteiger partial charge in [0.2, 0.25) is 5.91 Å². The van der Waals surface area contributed by atoms with Gasteiger partial charge in [0.1, 0.15) is 11.5 Å². The van der Waals surface area contributed by atoms with E-state index in [0.717, 1.165) is 16.8 Å². The number of carbonyl (C=O) groups is 1. The van der Waals surface area contributed by atoms with E-state index in [4.69, 9.17) is 0 Å². The van der Waals surface area contributed by atoms with Gasteiger partial charge in [-0.05, 0) is 43.2 Å². The molecule has 0 saturated carbocycles. The van der Waals surface area contributed by atoms with Crippen molar-refractivity contribution >= 4 is 11.6 Å². The van der Waals surface area contributed by atoms with Crippen molar-refractivity contribution in [2.24, 2.45) is 0 Å². The topological polar surface area (TPSA) is 83.6 Å². The van der Waals surface area contributed by atoms with Gasteiger partial charge in [-0.2, -0.15) is 5.10 Å². The van der Waals surface area contributed by atoms with Gasteiger partial charge in [0.25, 0.3) is 0 Å². The summed E-state index contributed by atoms with van der Waals surface area (Å²) in [5, 5.41) is 9.79. The zero-order valence-electron chi connectivity index (χ0n) is 13.0. The van der Waals surface area contributed by atoms with Crippen LogP contribution in [0.4, 0.5) is 5.69 Å². The molecule has 0 aliphatic heterocycles. The Bertz CT molecular complexity index is 826. The summed E-state index contributed by atoms with van der Waals surface area (Å²) in [7, 11) is 0. The van der Waals surface area contributed by atoms with E-state index in [0.29, 0.717) is 17.3 Å². The maximum absolute atomic E-state index is 12.2. The number of carbonyl (C=O) groups excluding carboxylic acids is 1. The van der Waals surface area contributed by atoms with Gasteiger partial charge < -0.3 is 5.32 Å². The first kappa shape index (κ1) is 14.9. The summed E-state index contributed by atoms with van der Waals surface area (Å²) in [6.07, 6.45) is 1.81. The molecule has 23 heavy (non-hydrogen) atoms. The number of rotatable bonds is 4. The van der Waals surface area contributed by atoms with Gasteiger partial charge in [-0.25, -0.2) is 4.98 Å². The second kappa shape index (κ2) is 6.39. The number of hydrogen-bond donors (Lipinski definition) is 2.